The van der Waals surface area contributed by atoms with Crippen molar-refractivity contribution < 1.29 is 27.9 Å². The SMILES string of the molecule is O=C(NC1(C(=O)O)CC1C(F)(F)F)c1ccccc1. The van der Waals surface area contributed by atoms with Crippen molar-refractivity contribution in [2.45, 2.75) is 18.1 Å². The number of hydrogen-bond donors (Lipinski definition) is 2. The molecule has 2 unspecified atom stereocenters. The summed E-state index contributed by atoms with van der Waals surface area (Å²) in [6, 6.07) is 7.51. The van der Waals surface area contributed by atoms with Crippen LogP contribution in [0.25, 0.3) is 0 Å². The molecule has 19 heavy (non-hydrogen) atoms. The minimum atomic E-state index is -4.64. The largest absolute Gasteiger partial charge is 0.479 e. The number of amides is 1. The number of nitrogens with one attached hydrogen (secondary N) is 1. The maximum Gasteiger partial charge on any atom is 0.394 e. The molecule has 102 valence electrons. The van der Waals surface area contributed by atoms with Crippen LogP contribution in [0.2, 0.25) is 0 Å². The standard InChI is InChI=1S/C12H10F3NO3/c13-12(14,15)8-6-11(8,10(18)19)16-9(17)7-4-2-1-3-5-7/h1-5,8H,6H2,(H,16,17)(H,18,19). The molecule has 1 aliphatic rings. The van der Waals surface area contributed by atoms with Crippen molar-refractivity contribution >= 4 is 11.9 Å². The number of rotatable bonds is 3. The van der Waals surface area contributed by atoms with E-state index in [0.29, 0.717) is 0 Å². The molecule has 0 radical (unpaired) electrons. The molecule has 0 aromatic heterocycles. The summed E-state index contributed by atoms with van der Waals surface area (Å²) in [7, 11) is 0. The van der Waals surface area contributed by atoms with Gasteiger partial charge >= 0.3 is 12.1 Å². The van der Waals surface area contributed by atoms with Gasteiger partial charge < -0.3 is 10.4 Å². The molecule has 2 N–H and O–H groups in total. The van der Waals surface area contributed by atoms with Crippen molar-refractivity contribution in [2.75, 3.05) is 0 Å². The molecule has 2 rings (SSSR count). The summed E-state index contributed by atoms with van der Waals surface area (Å²) in [4.78, 5) is 22.7. The van der Waals surface area contributed by atoms with Gasteiger partial charge in [-0.25, -0.2) is 4.79 Å². The van der Waals surface area contributed by atoms with Crippen LogP contribution in [0.5, 0.6) is 0 Å². The number of hydrogen-bond acceptors (Lipinski definition) is 2. The zero-order valence-corrected chi connectivity index (χ0v) is 9.57. The second-order valence-corrected chi connectivity index (χ2v) is 4.39. The maximum absolute atomic E-state index is 12.5. The Morgan fingerprint density at radius 1 is 1.26 bits per heavy atom. The van der Waals surface area contributed by atoms with Gasteiger partial charge in [0, 0.05) is 5.56 Å². The van der Waals surface area contributed by atoms with Gasteiger partial charge in [-0.05, 0) is 18.6 Å². The molecule has 1 aliphatic carbocycles. The molecule has 1 amide bonds. The number of alkyl halides is 3. The fraction of sp³-hybridized carbons (Fsp3) is 0.333. The Bertz CT molecular complexity index is 515. The Labute approximate surface area is 106 Å². The summed E-state index contributed by atoms with van der Waals surface area (Å²) in [5.74, 6) is -4.53. The van der Waals surface area contributed by atoms with Crippen molar-refractivity contribution in [3.63, 3.8) is 0 Å². The Morgan fingerprint density at radius 3 is 2.26 bits per heavy atom. The minimum Gasteiger partial charge on any atom is -0.479 e. The molecule has 7 heteroatoms. The van der Waals surface area contributed by atoms with Crippen molar-refractivity contribution in [2.24, 2.45) is 5.92 Å². The lowest BCUT2D eigenvalue weighted by Gasteiger charge is -2.16. The van der Waals surface area contributed by atoms with Crippen molar-refractivity contribution in [3.8, 4) is 0 Å². The molecule has 0 saturated heterocycles. The van der Waals surface area contributed by atoms with Gasteiger partial charge in [0.2, 0.25) is 0 Å². The number of carboxylic acids is 1. The summed E-state index contributed by atoms with van der Waals surface area (Å²) >= 11 is 0. The van der Waals surface area contributed by atoms with Crippen LogP contribution in [0.15, 0.2) is 30.3 Å². The van der Waals surface area contributed by atoms with Crippen LogP contribution < -0.4 is 5.32 Å². The number of carbonyl (C=O) groups excluding carboxylic acids is 1. The highest BCUT2D eigenvalue weighted by molar-refractivity contribution is 5.99. The third-order valence-corrected chi connectivity index (χ3v) is 3.11. The number of halogens is 3. The highest BCUT2D eigenvalue weighted by atomic mass is 19.4. The first-order chi connectivity index (χ1) is 8.77. The lowest BCUT2D eigenvalue weighted by atomic mass is 10.1. The summed E-state index contributed by atoms with van der Waals surface area (Å²) < 4.78 is 37.6. The van der Waals surface area contributed by atoms with E-state index in [-0.39, 0.29) is 5.56 Å². The normalized spacial score (nSPS) is 25.7. The van der Waals surface area contributed by atoms with Gasteiger partial charge in [0.25, 0.3) is 5.91 Å². The van der Waals surface area contributed by atoms with Crippen LogP contribution in [-0.4, -0.2) is 28.7 Å². The fourth-order valence-electron chi connectivity index (χ4n) is 1.95. The van der Waals surface area contributed by atoms with E-state index in [9.17, 15) is 22.8 Å². The lowest BCUT2D eigenvalue weighted by Crippen LogP contribution is -2.47. The first kappa shape index (κ1) is 13.4. The number of carboxylic acid groups (broad SMARTS) is 1. The molecular weight excluding hydrogens is 263 g/mol. The second kappa shape index (κ2) is 4.25. The molecule has 1 aromatic rings. The molecule has 2 atom stereocenters. The Balaban J connectivity index is 2.17. The van der Waals surface area contributed by atoms with Crippen LogP contribution >= 0.6 is 0 Å². The van der Waals surface area contributed by atoms with Crippen LogP contribution in [0.4, 0.5) is 13.2 Å². The van der Waals surface area contributed by atoms with E-state index < -0.39 is 35.9 Å². The summed E-state index contributed by atoms with van der Waals surface area (Å²) in [5.41, 5.74) is -2.11. The average molecular weight is 273 g/mol. The third kappa shape index (κ3) is 2.40. The molecule has 1 saturated carbocycles. The van der Waals surface area contributed by atoms with Gasteiger partial charge in [-0.15, -0.1) is 0 Å². The zero-order chi connectivity index (χ0) is 14.3. The van der Waals surface area contributed by atoms with E-state index in [1.165, 1.54) is 24.3 Å². The second-order valence-electron chi connectivity index (χ2n) is 4.39. The Kier molecular flexibility index (Phi) is 3.00. The van der Waals surface area contributed by atoms with Crippen molar-refractivity contribution in [1.82, 2.24) is 5.32 Å². The third-order valence-electron chi connectivity index (χ3n) is 3.11. The van der Waals surface area contributed by atoms with Gasteiger partial charge in [-0.1, -0.05) is 18.2 Å². The van der Waals surface area contributed by atoms with Crippen molar-refractivity contribution in [1.29, 1.82) is 0 Å². The van der Waals surface area contributed by atoms with E-state index in [2.05, 4.69) is 0 Å². The molecule has 1 fully saturated rings. The highest BCUT2D eigenvalue weighted by Gasteiger charge is 2.72. The quantitative estimate of drug-likeness (QED) is 0.882. The van der Waals surface area contributed by atoms with Crippen LogP contribution in [0.1, 0.15) is 16.8 Å². The van der Waals surface area contributed by atoms with Crippen molar-refractivity contribution in [3.05, 3.63) is 35.9 Å². The summed E-state index contributed by atoms with van der Waals surface area (Å²) in [5, 5.41) is 10.9. The minimum absolute atomic E-state index is 0.121. The summed E-state index contributed by atoms with van der Waals surface area (Å²) in [6.45, 7) is 0. The maximum atomic E-state index is 12.5. The molecule has 0 aliphatic heterocycles. The van der Waals surface area contributed by atoms with Crippen LogP contribution in [-0.2, 0) is 4.79 Å². The Morgan fingerprint density at radius 2 is 1.84 bits per heavy atom. The topological polar surface area (TPSA) is 66.4 Å². The number of aliphatic carboxylic acids is 1. The van der Waals surface area contributed by atoms with E-state index in [0.717, 1.165) is 0 Å². The molecule has 1 aromatic carbocycles. The fourth-order valence-corrected chi connectivity index (χ4v) is 1.95. The van der Waals surface area contributed by atoms with E-state index >= 15 is 0 Å². The smallest absolute Gasteiger partial charge is 0.394 e. The monoisotopic (exact) mass is 273 g/mol. The Hall–Kier alpha value is -2.05. The lowest BCUT2D eigenvalue weighted by molar-refractivity contribution is -0.163. The predicted molar refractivity (Wildman–Crippen MR) is 58.4 cm³/mol. The van der Waals surface area contributed by atoms with Gasteiger partial charge in [-0.3, -0.25) is 4.79 Å². The predicted octanol–water partition coefficient (Wildman–Crippen LogP) is 1.82. The first-order valence-corrected chi connectivity index (χ1v) is 5.45. The molecular formula is C12H10F3NO3. The van der Waals surface area contributed by atoms with E-state index in [1.807, 2.05) is 5.32 Å². The number of benzene rings is 1. The van der Waals surface area contributed by atoms with E-state index in [1.54, 1.807) is 6.07 Å². The van der Waals surface area contributed by atoms with Gasteiger partial charge in [0.1, 0.15) is 0 Å². The van der Waals surface area contributed by atoms with Gasteiger partial charge in [0.05, 0.1) is 5.92 Å². The van der Waals surface area contributed by atoms with Crippen LogP contribution in [0.3, 0.4) is 0 Å². The average Bonchev–Trinajstić information content (AvgIpc) is 3.06. The molecule has 0 bridgehead atoms. The highest BCUT2D eigenvalue weighted by Crippen LogP contribution is 2.53. The molecule has 0 spiro atoms. The molecule has 4 nitrogen and oxygen atoms in total. The van der Waals surface area contributed by atoms with E-state index in [4.69, 9.17) is 5.11 Å². The zero-order valence-electron chi connectivity index (χ0n) is 9.57. The van der Waals surface area contributed by atoms with Crippen LogP contribution in [0, 0.1) is 5.92 Å². The van der Waals surface area contributed by atoms with Gasteiger partial charge in [0.15, 0.2) is 5.54 Å². The number of carbonyl (C=O) groups is 2. The molecule has 0 heterocycles. The summed E-state index contributed by atoms with van der Waals surface area (Å²) in [6.07, 6.45) is -5.27. The van der Waals surface area contributed by atoms with Gasteiger partial charge in [-0.2, -0.15) is 13.2 Å². The first-order valence-electron chi connectivity index (χ1n) is 5.45.